The number of hydrogen-bond acceptors (Lipinski definition) is 7. The second-order valence-corrected chi connectivity index (χ2v) is 10.7. The van der Waals surface area contributed by atoms with Gasteiger partial charge in [-0.1, -0.05) is 26.8 Å². The summed E-state index contributed by atoms with van der Waals surface area (Å²) in [5, 5.41) is 15.7. The van der Waals surface area contributed by atoms with Crippen LogP contribution in [0.25, 0.3) is 6.08 Å². The standard InChI is InChI=1S/C27H29BrN4O4S/c1-6-17-9-16(4)10-19(11-17)35-7-8-36-23-21(28)13-18(14-22(23)34-5)12-20-24(29)32-27(30-25(20)33)37-26(31-32)15(2)3/h9-15,29H,6-8H2,1-5H3/b20-12-,29-24?. The molecule has 1 N–H and O–H groups in total. The molecule has 2 aliphatic heterocycles. The van der Waals surface area contributed by atoms with Crippen molar-refractivity contribution in [2.24, 2.45) is 16.0 Å². The van der Waals surface area contributed by atoms with Gasteiger partial charge in [-0.2, -0.15) is 15.1 Å². The molecular weight excluding hydrogens is 556 g/mol. The van der Waals surface area contributed by atoms with E-state index in [-0.39, 0.29) is 17.3 Å². The van der Waals surface area contributed by atoms with Gasteiger partial charge in [-0.05, 0) is 88.1 Å². The fourth-order valence-electron chi connectivity index (χ4n) is 3.79. The van der Waals surface area contributed by atoms with Crippen molar-refractivity contribution < 1.29 is 19.0 Å². The van der Waals surface area contributed by atoms with E-state index in [1.807, 2.05) is 26.0 Å². The van der Waals surface area contributed by atoms with Crippen molar-refractivity contribution in [3.63, 3.8) is 0 Å². The van der Waals surface area contributed by atoms with Gasteiger partial charge < -0.3 is 14.2 Å². The molecule has 2 aliphatic rings. The van der Waals surface area contributed by atoms with Crippen molar-refractivity contribution in [2.45, 2.75) is 34.1 Å². The number of carbonyl (C=O) groups is 1. The molecule has 0 bridgehead atoms. The maximum absolute atomic E-state index is 12.7. The first-order valence-corrected chi connectivity index (χ1v) is 13.5. The number of thioether (sulfide) groups is 1. The van der Waals surface area contributed by atoms with E-state index in [4.69, 9.17) is 19.6 Å². The van der Waals surface area contributed by atoms with Crippen LogP contribution in [0.2, 0.25) is 0 Å². The average molecular weight is 586 g/mol. The normalized spacial score (nSPS) is 16.2. The van der Waals surface area contributed by atoms with Crippen molar-refractivity contribution in [3.05, 3.63) is 57.1 Å². The topological polar surface area (TPSA) is 96.6 Å². The van der Waals surface area contributed by atoms with Crippen LogP contribution >= 0.6 is 27.7 Å². The first-order chi connectivity index (χ1) is 17.7. The molecule has 10 heteroatoms. The fraction of sp³-hybridized carbons (Fsp3) is 0.333. The van der Waals surface area contributed by atoms with E-state index < -0.39 is 5.91 Å². The number of aliphatic imine (C=N–C) groups is 1. The number of methoxy groups -OCH3 is 1. The molecule has 0 saturated heterocycles. The molecule has 0 saturated carbocycles. The number of ether oxygens (including phenoxy) is 3. The summed E-state index contributed by atoms with van der Waals surface area (Å²) in [4.78, 5) is 16.9. The number of hydrazone groups is 1. The summed E-state index contributed by atoms with van der Waals surface area (Å²) < 4.78 is 18.1. The number of hydrogen-bond donors (Lipinski definition) is 1. The number of nitrogens with one attached hydrogen (secondary N) is 1. The number of carbonyl (C=O) groups excluding carboxylic acids is 1. The van der Waals surface area contributed by atoms with Crippen LogP contribution in [0.4, 0.5) is 0 Å². The zero-order chi connectivity index (χ0) is 26.7. The van der Waals surface area contributed by atoms with Crippen molar-refractivity contribution in [1.82, 2.24) is 5.01 Å². The van der Waals surface area contributed by atoms with Gasteiger partial charge in [-0.25, -0.2) is 0 Å². The lowest BCUT2D eigenvalue weighted by atomic mass is 10.1. The molecule has 8 nitrogen and oxygen atoms in total. The minimum absolute atomic E-state index is 0.00639. The molecule has 0 atom stereocenters. The van der Waals surface area contributed by atoms with Gasteiger partial charge in [0.1, 0.15) is 24.0 Å². The molecular formula is C27H29BrN4O4S. The molecule has 0 aromatic heterocycles. The summed E-state index contributed by atoms with van der Waals surface area (Å²) in [6.45, 7) is 8.87. The van der Waals surface area contributed by atoms with Crippen LogP contribution in [0.5, 0.6) is 17.2 Å². The van der Waals surface area contributed by atoms with Crippen molar-refractivity contribution in [1.29, 1.82) is 5.41 Å². The maximum Gasteiger partial charge on any atom is 0.283 e. The smallest absolute Gasteiger partial charge is 0.283 e. The highest BCUT2D eigenvalue weighted by Gasteiger charge is 2.36. The van der Waals surface area contributed by atoms with Crippen molar-refractivity contribution >= 4 is 55.7 Å². The third-order valence-electron chi connectivity index (χ3n) is 5.64. The predicted molar refractivity (Wildman–Crippen MR) is 152 cm³/mol. The molecule has 1 amide bonds. The summed E-state index contributed by atoms with van der Waals surface area (Å²) in [5.41, 5.74) is 3.20. The number of nitrogens with zero attached hydrogens (tertiary/aromatic N) is 3. The van der Waals surface area contributed by atoms with Crippen LogP contribution in [0.3, 0.4) is 0 Å². The highest BCUT2D eigenvalue weighted by molar-refractivity contribution is 9.10. The van der Waals surface area contributed by atoms with Crippen LogP contribution in [0, 0.1) is 18.3 Å². The van der Waals surface area contributed by atoms with Gasteiger partial charge in [-0.15, -0.1) is 0 Å². The number of fused-ring (bicyclic) bond motifs is 1. The van der Waals surface area contributed by atoms with Crippen LogP contribution in [0.1, 0.15) is 37.5 Å². The van der Waals surface area contributed by atoms with Crippen LogP contribution in [0.15, 0.2) is 50.5 Å². The predicted octanol–water partition coefficient (Wildman–Crippen LogP) is 6.06. The Morgan fingerprint density at radius 3 is 2.62 bits per heavy atom. The lowest BCUT2D eigenvalue weighted by Crippen LogP contribution is -2.35. The van der Waals surface area contributed by atoms with Gasteiger partial charge in [0.15, 0.2) is 17.3 Å². The van der Waals surface area contributed by atoms with Crippen LogP contribution < -0.4 is 14.2 Å². The lowest BCUT2D eigenvalue weighted by molar-refractivity contribution is -0.114. The highest BCUT2D eigenvalue weighted by Crippen LogP contribution is 2.38. The Hall–Kier alpha value is -3.11. The van der Waals surface area contributed by atoms with Crippen molar-refractivity contribution in [2.75, 3.05) is 20.3 Å². The van der Waals surface area contributed by atoms with Gasteiger partial charge in [0.2, 0.25) is 5.17 Å². The van der Waals surface area contributed by atoms with E-state index in [2.05, 4.69) is 45.9 Å². The van der Waals surface area contributed by atoms with E-state index in [0.29, 0.717) is 39.9 Å². The lowest BCUT2D eigenvalue weighted by Gasteiger charge is -2.20. The monoisotopic (exact) mass is 584 g/mol. The Bertz CT molecular complexity index is 1340. The molecule has 4 rings (SSSR count). The largest absolute Gasteiger partial charge is 0.493 e. The number of benzene rings is 2. The van der Waals surface area contributed by atoms with E-state index in [9.17, 15) is 4.79 Å². The van der Waals surface area contributed by atoms with Gasteiger partial charge in [-0.3, -0.25) is 10.2 Å². The zero-order valence-corrected chi connectivity index (χ0v) is 23.8. The second kappa shape index (κ2) is 11.5. The molecule has 0 fully saturated rings. The average Bonchev–Trinajstić information content (AvgIpc) is 3.29. The molecule has 0 unspecified atom stereocenters. The molecule has 0 radical (unpaired) electrons. The Balaban J connectivity index is 1.48. The third-order valence-corrected chi connectivity index (χ3v) is 7.44. The molecule has 37 heavy (non-hydrogen) atoms. The van der Waals surface area contributed by atoms with Crippen LogP contribution in [-0.2, 0) is 11.2 Å². The Morgan fingerprint density at radius 1 is 1.16 bits per heavy atom. The number of amidine groups is 2. The molecule has 2 aromatic carbocycles. The Labute approximate surface area is 229 Å². The maximum atomic E-state index is 12.7. The number of aryl methyl sites for hydroxylation is 2. The van der Waals surface area contributed by atoms with Gasteiger partial charge in [0.25, 0.3) is 5.91 Å². The number of rotatable bonds is 9. The van der Waals surface area contributed by atoms with Gasteiger partial charge in [0, 0.05) is 5.92 Å². The first-order valence-electron chi connectivity index (χ1n) is 11.9. The summed E-state index contributed by atoms with van der Waals surface area (Å²) in [7, 11) is 1.55. The second-order valence-electron chi connectivity index (χ2n) is 8.85. The minimum atomic E-state index is -0.473. The summed E-state index contributed by atoms with van der Waals surface area (Å²) in [5.74, 6) is 1.53. The Kier molecular flexibility index (Phi) is 8.39. The first kappa shape index (κ1) is 26.9. The molecule has 2 heterocycles. The zero-order valence-electron chi connectivity index (χ0n) is 21.4. The Morgan fingerprint density at radius 2 is 1.92 bits per heavy atom. The summed E-state index contributed by atoms with van der Waals surface area (Å²) >= 11 is 4.87. The van der Waals surface area contributed by atoms with E-state index in [1.54, 1.807) is 25.3 Å². The molecule has 194 valence electrons. The van der Waals surface area contributed by atoms with E-state index in [1.165, 1.54) is 22.3 Å². The highest BCUT2D eigenvalue weighted by atomic mass is 79.9. The molecule has 0 aliphatic carbocycles. The minimum Gasteiger partial charge on any atom is -0.493 e. The quantitative estimate of drug-likeness (QED) is 0.284. The van der Waals surface area contributed by atoms with Crippen molar-refractivity contribution in [3.8, 4) is 17.2 Å². The number of halogens is 1. The summed E-state index contributed by atoms with van der Waals surface area (Å²) in [6.07, 6.45) is 2.56. The SMILES string of the molecule is CCc1cc(C)cc(OCCOc2c(Br)cc(/C=C3/C(=N)N4N=C(C(C)C)SC4=NC3=O)cc2OC)c1. The van der Waals surface area contributed by atoms with Gasteiger partial charge in [0.05, 0.1) is 17.2 Å². The summed E-state index contributed by atoms with van der Waals surface area (Å²) in [6, 6.07) is 9.75. The molecule has 0 spiro atoms. The number of amides is 1. The van der Waals surface area contributed by atoms with E-state index in [0.717, 1.165) is 22.8 Å². The van der Waals surface area contributed by atoms with E-state index >= 15 is 0 Å². The van der Waals surface area contributed by atoms with Crippen LogP contribution in [-0.4, -0.2) is 47.3 Å². The fourth-order valence-corrected chi connectivity index (χ4v) is 5.25. The van der Waals surface area contributed by atoms with Gasteiger partial charge >= 0.3 is 0 Å². The molecule has 2 aromatic rings. The third kappa shape index (κ3) is 6.07.